The third-order valence-electron chi connectivity index (χ3n) is 3.56. The molecule has 0 unspecified atom stereocenters. The van der Waals surface area contributed by atoms with Gasteiger partial charge in [-0.05, 0) is 67.9 Å². The normalized spacial score (nSPS) is 10.0. The Kier molecular flexibility index (Phi) is 6.20. The minimum Gasteiger partial charge on any atom is -0.452 e. The molecule has 1 N–H and O–H groups in total. The monoisotopic (exact) mass is 354 g/mol. The molecule has 1 amide bonds. The first-order valence-electron chi connectivity index (χ1n) is 7.61. The number of nitrogens with one attached hydrogen (secondary N) is 1. The third kappa shape index (κ3) is 5.10. The van der Waals surface area contributed by atoms with E-state index in [9.17, 15) is 9.59 Å². The number of benzene rings is 2. The largest absolute Gasteiger partial charge is 0.452 e. The topological polar surface area (TPSA) is 79.2 Å². The van der Waals surface area contributed by atoms with Gasteiger partial charge in [-0.15, -0.1) is 0 Å². The molecular weight excluding hydrogens is 336 g/mol. The van der Waals surface area contributed by atoms with Gasteiger partial charge in [-0.3, -0.25) is 4.79 Å². The van der Waals surface area contributed by atoms with Crippen molar-refractivity contribution in [2.75, 3.05) is 11.9 Å². The van der Waals surface area contributed by atoms with Crippen LogP contribution in [0.1, 0.15) is 27.0 Å². The maximum Gasteiger partial charge on any atom is 0.338 e. The fourth-order valence-corrected chi connectivity index (χ4v) is 2.89. The van der Waals surface area contributed by atoms with Gasteiger partial charge in [0.15, 0.2) is 6.61 Å². The number of ether oxygens (including phenoxy) is 1. The Morgan fingerprint density at radius 1 is 1.12 bits per heavy atom. The fourth-order valence-electron chi connectivity index (χ4n) is 2.31. The molecule has 2 aromatic rings. The number of rotatable bonds is 5. The van der Waals surface area contributed by atoms with Crippen molar-refractivity contribution in [3.05, 3.63) is 58.7 Å². The number of nitriles is 1. The predicted molar refractivity (Wildman–Crippen MR) is 97.5 cm³/mol. The van der Waals surface area contributed by atoms with Crippen LogP contribution in [0.4, 0.5) is 5.69 Å². The van der Waals surface area contributed by atoms with Gasteiger partial charge in [0.1, 0.15) is 5.40 Å². The van der Waals surface area contributed by atoms with Crippen molar-refractivity contribution >= 4 is 29.3 Å². The van der Waals surface area contributed by atoms with Crippen molar-refractivity contribution in [1.29, 1.82) is 5.26 Å². The number of carbonyl (C=O) groups excluding carboxylic acids is 2. The van der Waals surface area contributed by atoms with E-state index in [0.29, 0.717) is 11.3 Å². The number of amides is 1. The number of carbonyl (C=O) groups is 2. The number of hydrogen-bond donors (Lipinski definition) is 1. The second-order valence-corrected chi connectivity index (χ2v) is 6.47. The summed E-state index contributed by atoms with van der Waals surface area (Å²) in [5.41, 5.74) is 3.80. The van der Waals surface area contributed by atoms with Crippen molar-refractivity contribution < 1.29 is 14.3 Å². The average molecular weight is 354 g/mol. The van der Waals surface area contributed by atoms with E-state index in [-0.39, 0.29) is 6.61 Å². The molecule has 6 heteroatoms. The Labute approximate surface area is 151 Å². The Hall–Kier alpha value is -2.78. The summed E-state index contributed by atoms with van der Waals surface area (Å²) < 4.78 is 5.05. The van der Waals surface area contributed by atoms with Crippen molar-refractivity contribution in [1.82, 2.24) is 0 Å². The van der Waals surface area contributed by atoms with Crippen molar-refractivity contribution in [2.24, 2.45) is 0 Å². The fraction of sp³-hybridized carbons (Fsp3) is 0.211. The van der Waals surface area contributed by atoms with Crippen LogP contribution < -0.4 is 5.32 Å². The molecule has 0 spiro atoms. The number of aryl methyl sites for hydroxylation is 3. The van der Waals surface area contributed by atoms with E-state index in [1.165, 1.54) is 0 Å². The van der Waals surface area contributed by atoms with E-state index in [4.69, 9.17) is 10.00 Å². The lowest BCUT2D eigenvalue weighted by molar-refractivity contribution is -0.119. The first kappa shape index (κ1) is 18.6. The first-order chi connectivity index (χ1) is 11.9. The zero-order valence-corrected chi connectivity index (χ0v) is 15.1. The number of esters is 1. The molecule has 0 saturated heterocycles. The average Bonchev–Trinajstić information content (AvgIpc) is 2.57. The van der Waals surface area contributed by atoms with Crippen LogP contribution in [0, 0.1) is 31.4 Å². The molecular formula is C19H18N2O3S. The zero-order chi connectivity index (χ0) is 18.4. The Balaban J connectivity index is 1.97. The van der Waals surface area contributed by atoms with Gasteiger partial charge in [0.2, 0.25) is 0 Å². The Morgan fingerprint density at radius 2 is 1.72 bits per heavy atom. The second-order valence-electron chi connectivity index (χ2n) is 5.62. The lowest BCUT2D eigenvalue weighted by Gasteiger charge is -2.13. The molecule has 0 aliphatic carbocycles. The molecule has 2 rings (SSSR count). The van der Waals surface area contributed by atoms with Crippen molar-refractivity contribution in [3.63, 3.8) is 0 Å². The van der Waals surface area contributed by atoms with E-state index < -0.39 is 11.9 Å². The van der Waals surface area contributed by atoms with Gasteiger partial charge in [-0.25, -0.2) is 4.79 Å². The summed E-state index contributed by atoms with van der Waals surface area (Å²) in [5.74, 6) is -0.947. The molecule has 0 aromatic heterocycles. The van der Waals surface area contributed by atoms with Crippen LogP contribution in [0.5, 0.6) is 0 Å². The third-order valence-corrected chi connectivity index (χ3v) is 4.12. The summed E-state index contributed by atoms with van der Waals surface area (Å²) in [6.07, 6.45) is 0. The second kappa shape index (κ2) is 8.36. The molecule has 25 heavy (non-hydrogen) atoms. The highest BCUT2D eigenvalue weighted by Gasteiger charge is 2.13. The quantitative estimate of drug-likeness (QED) is 0.499. The van der Waals surface area contributed by atoms with E-state index in [0.717, 1.165) is 33.3 Å². The highest BCUT2D eigenvalue weighted by Crippen LogP contribution is 2.27. The van der Waals surface area contributed by atoms with E-state index >= 15 is 0 Å². The van der Waals surface area contributed by atoms with Crippen LogP contribution in [-0.2, 0) is 9.53 Å². The highest BCUT2D eigenvalue weighted by molar-refractivity contribution is 8.03. The van der Waals surface area contributed by atoms with Crippen LogP contribution in [0.3, 0.4) is 0 Å². The summed E-state index contributed by atoms with van der Waals surface area (Å²) in [5, 5.41) is 13.5. The summed E-state index contributed by atoms with van der Waals surface area (Å²) in [6, 6.07) is 10.6. The van der Waals surface area contributed by atoms with Crippen molar-refractivity contribution in [2.45, 2.75) is 25.7 Å². The van der Waals surface area contributed by atoms with E-state index in [2.05, 4.69) is 5.32 Å². The highest BCUT2D eigenvalue weighted by atomic mass is 32.2. The minimum atomic E-state index is -0.538. The number of hydrogen-bond acceptors (Lipinski definition) is 5. The smallest absolute Gasteiger partial charge is 0.338 e. The molecule has 128 valence electrons. The number of nitrogens with zero attached hydrogens (tertiary/aromatic N) is 1. The SMILES string of the molecule is Cc1ccc(C(=O)OCC(=O)Nc2c(C)cc(SC#N)cc2C)cc1. The van der Waals surface area contributed by atoms with Gasteiger partial charge in [0, 0.05) is 10.6 Å². The predicted octanol–water partition coefficient (Wildman–Crippen LogP) is 3.98. The molecule has 0 aliphatic rings. The maximum absolute atomic E-state index is 12.1. The molecule has 0 heterocycles. The van der Waals surface area contributed by atoms with Crippen molar-refractivity contribution in [3.8, 4) is 5.40 Å². The molecule has 0 radical (unpaired) electrons. The Morgan fingerprint density at radius 3 is 2.28 bits per heavy atom. The number of thioether (sulfide) groups is 1. The number of anilines is 1. The van der Waals surface area contributed by atoms with E-state index in [1.807, 2.05) is 50.4 Å². The van der Waals surface area contributed by atoms with Gasteiger partial charge < -0.3 is 10.1 Å². The van der Waals surface area contributed by atoms with Crippen LogP contribution in [0.15, 0.2) is 41.3 Å². The molecule has 0 atom stereocenters. The molecule has 5 nitrogen and oxygen atoms in total. The Bertz CT molecular complexity index is 816. The molecule has 0 fully saturated rings. The van der Waals surface area contributed by atoms with Crippen LogP contribution >= 0.6 is 11.8 Å². The first-order valence-corrected chi connectivity index (χ1v) is 8.43. The summed E-state index contributed by atoms with van der Waals surface area (Å²) >= 11 is 1.07. The zero-order valence-electron chi connectivity index (χ0n) is 14.3. The van der Waals surface area contributed by atoms with Gasteiger partial charge in [-0.2, -0.15) is 5.26 Å². The number of thiocyanates is 1. The minimum absolute atomic E-state index is 0.361. The summed E-state index contributed by atoms with van der Waals surface area (Å²) in [7, 11) is 0. The molecule has 2 aromatic carbocycles. The van der Waals surface area contributed by atoms with Gasteiger partial charge in [0.25, 0.3) is 5.91 Å². The van der Waals surface area contributed by atoms with Gasteiger partial charge in [-0.1, -0.05) is 17.7 Å². The van der Waals surface area contributed by atoms with Crippen LogP contribution in [-0.4, -0.2) is 18.5 Å². The lowest BCUT2D eigenvalue weighted by atomic mass is 10.1. The van der Waals surface area contributed by atoms with Gasteiger partial charge in [0.05, 0.1) is 5.56 Å². The molecule has 0 saturated carbocycles. The standard InChI is InChI=1S/C19H18N2O3S/c1-12-4-6-15(7-5-12)19(23)24-10-17(22)21-18-13(2)8-16(25-11-20)9-14(18)3/h4-9H,10H2,1-3H3,(H,21,22). The van der Waals surface area contributed by atoms with E-state index in [1.54, 1.807) is 12.1 Å². The van der Waals surface area contributed by atoms with Gasteiger partial charge >= 0.3 is 5.97 Å². The van der Waals surface area contributed by atoms with Crippen LogP contribution in [0.2, 0.25) is 0 Å². The molecule has 0 bridgehead atoms. The summed E-state index contributed by atoms with van der Waals surface area (Å²) in [6.45, 7) is 5.26. The maximum atomic E-state index is 12.1. The summed E-state index contributed by atoms with van der Waals surface area (Å²) in [4.78, 5) is 24.8. The van der Waals surface area contributed by atoms with Crippen LogP contribution in [0.25, 0.3) is 0 Å². The lowest BCUT2D eigenvalue weighted by Crippen LogP contribution is -2.21. The molecule has 0 aliphatic heterocycles.